The first-order valence-corrected chi connectivity index (χ1v) is 6.33. The molecule has 0 atom stereocenters. The van der Waals surface area contributed by atoms with Crippen molar-refractivity contribution in [2.45, 2.75) is 33.1 Å². The van der Waals surface area contributed by atoms with Crippen LogP contribution in [0.25, 0.3) is 11.1 Å². The minimum atomic E-state index is 1.09. The van der Waals surface area contributed by atoms with E-state index in [1.807, 2.05) is 6.07 Å². The first-order chi connectivity index (χ1) is 8.31. The van der Waals surface area contributed by atoms with Crippen LogP contribution in [0.1, 0.15) is 31.2 Å². The lowest BCUT2D eigenvalue weighted by Crippen LogP contribution is -1.94. The monoisotopic (exact) mass is 225 g/mol. The van der Waals surface area contributed by atoms with Crippen molar-refractivity contribution < 1.29 is 0 Å². The number of aromatic nitrogens is 1. The Labute approximate surface area is 104 Å². The molecule has 0 radical (unpaired) electrons. The molecule has 2 aromatic rings. The number of pyridine rings is 1. The van der Waals surface area contributed by atoms with Gasteiger partial charge in [-0.15, -0.1) is 0 Å². The van der Waals surface area contributed by atoms with Crippen molar-refractivity contribution >= 4 is 0 Å². The van der Waals surface area contributed by atoms with Gasteiger partial charge in [-0.1, -0.05) is 49.7 Å². The number of rotatable bonds is 4. The fraction of sp³-hybridized carbons (Fsp3) is 0.312. The van der Waals surface area contributed by atoms with Crippen LogP contribution in [-0.2, 0) is 6.42 Å². The summed E-state index contributed by atoms with van der Waals surface area (Å²) in [5.74, 6) is 0. The maximum Gasteiger partial charge on any atom is 0.0454 e. The highest BCUT2D eigenvalue weighted by atomic mass is 14.7. The maximum atomic E-state index is 4.69. The minimum Gasteiger partial charge on any atom is -0.258 e. The Kier molecular flexibility index (Phi) is 3.92. The average molecular weight is 225 g/mol. The molecule has 1 nitrogen and oxygen atoms in total. The summed E-state index contributed by atoms with van der Waals surface area (Å²) < 4.78 is 0. The molecule has 17 heavy (non-hydrogen) atoms. The molecule has 0 N–H and O–H groups in total. The quantitative estimate of drug-likeness (QED) is 0.751. The maximum absolute atomic E-state index is 4.69. The van der Waals surface area contributed by atoms with Gasteiger partial charge in [0.2, 0.25) is 0 Å². The molecule has 0 saturated carbocycles. The molecule has 1 aromatic carbocycles. The lowest BCUT2D eigenvalue weighted by Gasteiger charge is -2.07. The second-order valence-electron chi connectivity index (χ2n) is 4.41. The zero-order chi connectivity index (χ0) is 12.1. The van der Waals surface area contributed by atoms with E-state index in [0.29, 0.717) is 0 Å². The van der Waals surface area contributed by atoms with Crippen molar-refractivity contribution in [3.05, 3.63) is 53.9 Å². The Balaban J connectivity index is 2.26. The Morgan fingerprint density at radius 2 is 1.76 bits per heavy atom. The first-order valence-electron chi connectivity index (χ1n) is 6.33. The van der Waals surface area contributed by atoms with Gasteiger partial charge in [0, 0.05) is 17.0 Å². The number of benzene rings is 1. The largest absolute Gasteiger partial charge is 0.258 e. The van der Waals surface area contributed by atoms with E-state index in [1.54, 1.807) is 0 Å². The predicted octanol–water partition coefficient (Wildman–Crippen LogP) is 4.40. The van der Waals surface area contributed by atoms with E-state index in [1.165, 1.54) is 29.7 Å². The van der Waals surface area contributed by atoms with E-state index >= 15 is 0 Å². The van der Waals surface area contributed by atoms with E-state index in [4.69, 9.17) is 0 Å². The number of aryl methyl sites for hydroxylation is 2. The van der Waals surface area contributed by atoms with Gasteiger partial charge in [-0.2, -0.15) is 0 Å². The van der Waals surface area contributed by atoms with Gasteiger partial charge in [0.25, 0.3) is 0 Å². The molecule has 0 aliphatic carbocycles. The fourth-order valence-electron chi connectivity index (χ4n) is 2.03. The highest BCUT2D eigenvalue weighted by Crippen LogP contribution is 2.22. The Bertz CT molecular complexity index is 474. The SMILES string of the molecule is CCCCc1ccc(-c2ccccc2)c(C)n1. The second kappa shape index (κ2) is 5.62. The summed E-state index contributed by atoms with van der Waals surface area (Å²) >= 11 is 0. The summed E-state index contributed by atoms with van der Waals surface area (Å²) in [6.45, 7) is 4.31. The van der Waals surface area contributed by atoms with Gasteiger partial charge in [0.05, 0.1) is 0 Å². The smallest absolute Gasteiger partial charge is 0.0454 e. The third-order valence-corrected chi connectivity index (χ3v) is 3.01. The standard InChI is InChI=1S/C16H19N/c1-3-4-10-15-11-12-16(13(2)17-15)14-8-6-5-7-9-14/h5-9,11-12H,3-4,10H2,1-2H3. The normalized spacial score (nSPS) is 10.5. The molecule has 1 heteroatoms. The van der Waals surface area contributed by atoms with Crippen LogP contribution in [-0.4, -0.2) is 4.98 Å². The minimum absolute atomic E-state index is 1.09. The molecule has 1 heterocycles. The topological polar surface area (TPSA) is 12.9 Å². The van der Waals surface area contributed by atoms with Crippen LogP contribution in [0.15, 0.2) is 42.5 Å². The van der Waals surface area contributed by atoms with E-state index < -0.39 is 0 Å². The van der Waals surface area contributed by atoms with Crippen molar-refractivity contribution in [1.82, 2.24) is 4.98 Å². The summed E-state index contributed by atoms with van der Waals surface area (Å²) in [5.41, 5.74) is 4.83. The van der Waals surface area contributed by atoms with Gasteiger partial charge in [0.1, 0.15) is 0 Å². The van der Waals surface area contributed by atoms with Crippen molar-refractivity contribution in [2.24, 2.45) is 0 Å². The molecule has 0 saturated heterocycles. The molecular weight excluding hydrogens is 206 g/mol. The van der Waals surface area contributed by atoms with Gasteiger partial charge in [0.15, 0.2) is 0 Å². The molecule has 0 spiro atoms. The Morgan fingerprint density at radius 1 is 1.00 bits per heavy atom. The molecular formula is C16H19N. The summed E-state index contributed by atoms with van der Waals surface area (Å²) in [5, 5.41) is 0. The van der Waals surface area contributed by atoms with Crippen molar-refractivity contribution in [3.8, 4) is 11.1 Å². The van der Waals surface area contributed by atoms with Crippen molar-refractivity contribution in [3.63, 3.8) is 0 Å². The molecule has 2 rings (SSSR count). The number of hydrogen-bond donors (Lipinski definition) is 0. The molecule has 1 aromatic heterocycles. The molecule has 0 unspecified atom stereocenters. The van der Waals surface area contributed by atoms with Crippen LogP contribution >= 0.6 is 0 Å². The predicted molar refractivity (Wildman–Crippen MR) is 73.0 cm³/mol. The van der Waals surface area contributed by atoms with Crippen LogP contribution in [0.2, 0.25) is 0 Å². The number of unbranched alkanes of at least 4 members (excludes halogenated alkanes) is 1. The summed E-state index contributed by atoms with van der Waals surface area (Å²) in [6.07, 6.45) is 3.53. The summed E-state index contributed by atoms with van der Waals surface area (Å²) in [7, 11) is 0. The molecule has 0 amide bonds. The van der Waals surface area contributed by atoms with Crippen LogP contribution in [0, 0.1) is 6.92 Å². The highest BCUT2D eigenvalue weighted by molar-refractivity contribution is 5.65. The Morgan fingerprint density at radius 3 is 2.41 bits per heavy atom. The first kappa shape index (κ1) is 11.8. The number of hydrogen-bond acceptors (Lipinski definition) is 1. The van der Waals surface area contributed by atoms with Gasteiger partial charge in [-0.05, 0) is 31.4 Å². The van der Waals surface area contributed by atoms with Gasteiger partial charge in [-0.25, -0.2) is 0 Å². The fourth-order valence-corrected chi connectivity index (χ4v) is 2.03. The van der Waals surface area contributed by atoms with Crippen LogP contribution in [0.5, 0.6) is 0 Å². The van der Waals surface area contributed by atoms with E-state index in [2.05, 4.69) is 55.2 Å². The average Bonchev–Trinajstić information content (AvgIpc) is 2.37. The van der Waals surface area contributed by atoms with Crippen LogP contribution in [0.4, 0.5) is 0 Å². The zero-order valence-electron chi connectivity index (χ0n) is 10.6. The molecule has 88 valence electrons. The van der Waals surface area contributed by atoms with Crippen LogP contribution < -0.4 is 0 Å². The third-order valence-electron chi connectivity index (χ3n) is 3.01. The summed E-state index contributed by atoms with van der Waals surface area (Å²) in [4.78, 5) is 4.69. The number of nitrogens with zero attached hydrogens (tertiary/aromatic N) is 1. The van der Waals surface area contributed by atoms with Gasteiger partial charge in [-0.3, -0.25) is 4.98 Å². The summed E-state index contributed by atoms with van der Waals surface area (Å²) in [6, 6.07) is 14.8. The van der Waals surface area contributed by atoms with Gasteiger partial charge >= 0.3 is 0 Å². The van der Waals surface area contributed by atoms with Crippen molar-refractivity contribution in [1.29, 1.82) is 0 Å². The Hall–Kier alpha value is -1.63. The van der Waals surface area contributed by atoms with Crippen molar-refractivity contribution in [2.75, 3.05) is 0 Å². The molecule has 0 fully saturated rings. The molecule has 0 aliphatic heterocycles. The van der Waals surface area contributed by atoms with Gasteiger partial charge < -0.3 is 0 Å². The van der Waals surface area contributed by atoms with E-state index in [9.17, 15) is 0 Å². The lowest BCUT2D eigenvalue weighted by atomic mass is 10.0. The zero-order valence-corrected chi connectivity index (χ0v) is 10.6. The molecule has 0 aliphatic rings. The third kappa shape index (κ3) is 2.94. The highest BCUT2D eigenvalue weighted by Gasteiger charge is 2.03. The molecule has 0 bridgehead atoms. The van der Waals surface area contributed by atoms with Crippen LogP contribution in [0.3, 0.4) is 0 Å². The van der Waals surface area contributed by atoms with E-state index in [0.717, 1.165) is 12.1 Å². The second-order valence-corrected chi connectivity index (χ2v) is 4.41. The lowest BCUT2D eigenvalue weighted by molar-refractivity contribution is 0.774. The van der Waals surface area contributed by atoms with E-state index in [-0.39, 0.29) is 0 Å².